The van der Waals surface area contributed by atoms with Crippen molar-refractivity contribution in [3.63, 3.8) is 0 Å². The molecule has 2 amide bonds. The summed E-state index contributed by atoms with van der Waals surface area (Å²) in [6.07, 6.45) is 0. The van der Waals surface area contributed by atoms with Crippen LogP contribution >= 0.6 is 11.6 Å². The minimum atomic E-state index is -3.84. The molecule has 1 heterocycles. The summed E-state index contributed by atoms with van der Waals surface area (Å²) in [7, 11) is -1.13. The maximum Gasteiger partial charge on any atom is 0.305 e. The lowest BCUT2D eigenvalue weighted by Crippen LogP contribution is -2.41. The van der Waals surface area contributed by atoms with E-state index in [9.17, 15) is 18.0 Å². The van der Waals surface area contributed by atoms with Gasteiger partial charge in [-0.3, -0.25) is 20.4 Å². The monoisotopic (exact) mass is 435 g/mol. The SMILES string of the molecule is Cc1c(C(=O)NNC(=O)c2ccc(Cl)c(S(=O)(=O)N(C)C)c2)oc2ccccc12. The van der Waals surface area contributed by atoms with Crippen LogP contribution < -0.4 is 10.9 Å². The molecule has 0 bridgehead atoms. The molecule has 2 N–H and O–H groups in total. The zero-order valence-electron chi connectivity index (χ0n) is 15.8. The van der Waals surface area contributed by atoms with Gasteiger partial charge in [0.1, 0.15) is 10.5 Å². The summed E-state index contributed by atoms with van der Waals surface area (Å²) in [5.74, 6) is -1.28. The van der Waals surface area contributed by atoms with E-state index < -0.39 is 21.8 Å². The Morgan fingerprint density at radius 2 is 1.69 bits per heavy atom. The number of rotatable bonds is 4. The lowest BCUT2D eigenvalue weighted by Gasteiger charge is -2.14. The van der Waals surface area contributed by atoms with E-state index in [1.165, 1.54) is 26.2 Å². The summed E-state index contributed by atoms with van der Waals surface area (Å²) >= 11 is 5.97. The van der Waals surface area contributed by atoms with E-state index in [0.717, 1.165) is 15.8 Å². The highest BCUT2D eigenvalue weighted by atomic mass is 35.5. The molecule has 0 aliphatic heterocycles. The number of carbonyl (C=O) groups is 2. The van der Waals surface area contributed by atoms with E-state index in [1.54, 1.807) is 19.1 Å². The third kappa shape index (κ3) is 3.98. The summed E-state index contributed by atoms with van der Waals surface area (Å²) in [5, 5.41) is 0.775. The smallest absolute Gasteiger partial charge is 0.305 e. The molecule has 8 nitrogen and oxygen atoms in total. The second kappa shape index (κ2) is 7.86. The standard InChI is InChI=1S/C19H18ClN3O5S/c1-11-13-6-4-5-7-15(13)28-17(11)19(25)22-21-18(24)12-8-9-14(20)16(10-12)29(26,27)23(2)3/h4-10H,1-3H3,(H,21,24)(H,22,25). The molecule has 0 unspecified atom stereocenters. The summed E-state index contributed by atoms with van der Waals surface area (Å²) in [4.78, 5) is 24.6. The van der Waals surface area contributed by atoms with Crippen molar-refractivity contribution in [2.45, 2.75) is 11.8 Å². The molecule has 0 saturated carbocycles. The molecule has 1 aromatic heterocycles. The van der Waals surface area contributed by atoms with Crippen molar-refractivity contribution in [3.05, 3.63) is 64.4 Å². The van der Waals surface area contributed by atoms with E-state index in [2.05, 4.69) is 10.9 Å². The van der Waals surface area contributed by atoms with Crippen LogP contribution in [-0.2, 0) is 10.0 Å². The molecular formula is C19H18ClN3O5S. The van der Waals surface area contributed by atoms with Gasteiger partial charge in [0.05, 0.1) is 5.02 Å². The van der Waals surface area contributed by atoms with Crippen molar-refractivity contribution in [1.82, 2.24) is 15.2 Å². The molecule has 0 fully saturated rings. The largest absolute Gasteiger partial charge is 0.451 e. The van der Waals surface area contributed by atoms with E-state index in [4.69, 9.17) is 16.0 Å². The van der Waals surface area contributed by atoms with Gasteiger partial charge in [0.2, 0.25) is 10.0 Å². The van der Waals surface area contributed by atoms with Gasteiger partial charge in [-0.25, -0.2) is 12.7 Å². The van der Waals surface area contributed by atoms with Gasteiger partial charge in [-0.05, 0) is 31.2 Å². The zero-order valence-corrected chi connectivity index (χ0v) is 17.4. The van der Waals surface area contributed by atoms with Gasteiger partial charge in [0.15, 0.2) is 5.76 Å². The van der Waals surface area contributed by atoms with E-state index in [-0.39, 0.29) is 21.2 Å². The van der Waals surface area contributed by atoms with Crippen molar-refractivity contribution in [1.29, 1.82) is 0 Å². The normalized spacial score (nSPS) is 11.6. The number of sulfonamides is 1. The van der Waals surface area contributed by atoms with Crippen LogP contribution in [0.3, 0.4) is 0 Å². The van der Waals surface area contributed by atoms with E-state index in [1.807, 2.05) is 12.1 Å². The van der Waals surface area contributed by atoms with Crippen molar-refractivity contribution in [2.24, 2.45) is 0 Å². The van der Waals surface area contributed by atoms with Crippen molar-refractivity contribution in [2.75, 3.05) is 14.1 Å². The number of aryl methyl sites for hydroxylation is 1. The third-order valence-electron chi connectivity index (χ3n) is 4.29. The Morgan fingerprint density at radius 1 is 1.03 bits per heavy atom. The first-order valence-corrected chi connectivity index (χ1v) is 10.3. The van der Waals surface area contributed by atoms with Gasteiger partial charge in [0, 0.05) is 30.6 Å². The number of amides is 2. The van der Waals surface area contributed by atoms with Gasteiger partial charge < -0.3 is 4.42 Å². The first-order valence-electron chi connectivity index (χ1n) is 8.44. The summed E-state index contributed by atoms with van der Waals surface area (Å²) in [6.45, 7) is 1.74. The number of carbonyl (C=O) groups excluding carboxylic acids is 2. The van der Waals surface area contributed by atoms with Crippen LogP contribution in [0.25, 0.3) is 11.0 Å². The first-order chi connectivity index (χ1) is 13.6. The van der Waals surface area contributed by atoms with Gasteiger partial charge in [-0.15, -0.1) is 0 Å². The molecule has 0 aliphatic rings. The number of nitrogens with zero attached hydrogens (tertiary/aromatic N) is 1. The lowest BCUT2D eigenvalue weighted by atomic mass is 10.1. The fourth-order valence-corrected chi connectivity index (χ4v) is 4.07. The highest BCUT2D eigenvalue weighted by Gasteiger charge is 2.23. The topological polar surface area (TPSA) is 109 Å². The summed E-state index contributed by atoms with van der Waals surface area (Å²) in [6, 6.07) is 11.0. The molecule has 0 radical (unpaired) electrons. The molecule has 0 spiro atoms. The van der Waals surface area contributed by atoms with Gasteiger partial charge in [-0.2, -0.15) is 0 Å². The van der Waals surface area contributed by atoms with Crippen LogP contribution in [0.2, 0.25) is 5.02 Å². The molecule has 3 rings (SSSR count). The van der Waals surface area contributed by atoms with Gasteiger partial charge in [-0.1, -0.05) is 29.8 Å². The van der Waals surface area contributed by atoms with Crippen LogP contribution in [0.5, 0.6) is 0 Å². The Kier molecular flexibility index (Phi) is 5.65. The number of fused-ring (bicyclic) bond motifs is 1. The van der Waals surface area contributed by atoms with E-state index >= 15 is 0 Å². The van der Waals surface area contributed by atoms with Crippen LogP contribution in [0.15, 0.2) is 51.8 Å². The fourth-order valence-electron chi connectivity index (χ4n) is 2.67. The first kappa shape index (κ1) is 20.8. The fraction of sp³-hybridized carbons (Fsp3) is 0.158. The lowest BCUT2D eigenvalue weighted by molar-refractivity contribution is 0.0831. The average Bonchev–Trinajstić information content (AvgIpc) is 3.03. The Labute approximate surface area is 172 Å². The third-order valence-corrected chi connectivity index (χ3v) is 6.59. The predicted octanol–water partition coefficient (Wildman–Crippen LogP) is 2.72. The number of benzene rings is 2. The van der Waals surface area contributed by atoms with E-state index in [0.29, 0.717) is 11.1 Å². The Morgan fingerprint density at radius 3 is 2.34 bits per heavy atom. The second-order valence-corrected chi connectivity index (χ2v) is 8.92. The Balaban J connectivity index is 1.79. The molecule has 0 aliphatic carbocycles. The molecule has 0 atom stereocenters. The highest BCUT2D eigenvalue weighted by molar-refractivity contribution is 7.89. The summed E-state index contributed by atoms with van der Waals surface area (Å²) in [5.41, 5.74) is 5.72. The van der Waals surface area contributed by atoms with Crippen LogP contribution in [0.4, 0.5) is 0 Å². The molecule has 2 aromatic carbocycles. The zero-order chi connectivity index (χ0) is 21.3. The minimum absolute atomic E-state index is 0.0106. The molecule has 152 valence electrons. The quantitative estimate of drug-likeness (QED) is 0.612. The van der Waals surface area contributed by atoms with Crippen LogP contribution in [0.1, 0.15) is 26.5 Å². The van der Waals surface area contributed by atoms with Gasteiger partial charge in [0.25, 0.3) is 5.91 Å². The number of nitrogens with one attached hydrogen (secondary N) is 2. The van der Waals surface area contributed by atoms with Crippen LogP contribution in [-0.4, -0.2) is 38.6 Å². The summed E-state index contributed by atoms with van der Waals surface area (Å²) < 4.78 is 31.2. The maximum absolute atomic E-state index is 12.4. The number of hydrogen-bond acceptors (Lipinski definition) is 5. The van der Waals surface area contributed by atoms with Crippen molar-refractivity contribution in [3.8, 4) is 0 Å². The van der Waals surface area contributed by atoms with Crippen molar-refractivity contribution >= 4 is 44.4 Å². The Bertz CT molecular complexity index is 1220. The number of hydrazine groups is 1. The Hall–Kier alpha value is -2.88. The average molecular weight is 436 g/mol. The molecule has 29 heavy (non-hydrogen) atoms. The van der Waals surface area contributed by atoms with Crippen LogP contribution in [0, 0.1) is 6.92 Å². The number of furan rings is 1. The minimum Gasteiger partial charge on any atom is -0.451 e. The number of hydrogen-bond donors (Lipinski definition) is 2. The molecule has 10 heteroatoms. The predicted molar refractivity (Wildman–Crippen MR) is 108 cm³/mol. The number of halogens is 1. The molecular weight excluding hydrogens is 418 g/mol. The molecule has 3 aromatic rings. The second-order valence-electron chi connectivity index (χ2n) is 6.39. The molecule has 0 saturated heterocycles. The van der Waals surface area contributed by atoms with Gasteiger partial charge >= 0.3 is 5.91 Å². The highest BCUT2D eigenvalue weighted by Crippen LogP contribution is 2.26. The number of para-hydroxylation sites is 1. The maximum atomic E-state index is 12.4. The van der Waals surface area contributed by atoms with Crippen molar-refractivity contribution < 1.29 is 22.4 Å².